The second kappa shape index (κ2) is 9.61. The standard InChI is InChI=1S/C30H28N6O2/c1-19(33-28(37)25-20(2)34-35-17-9-16-32-27(25)35)24-18-22-11-8-10-21(14-15-30(3,4)31)26(22)29(38)36(24)23-12-6-5-7-13-23/h5-13,16-19H,31H2,1-4H3,(H,33,37)/t19-/m1/s1. The molecule has 0 aliphatic heterocycles. The Labute approximate surface area is 220 Å². The SMILES string of the molecule is Cc1nn2cccnc2c1C(=O)N[C@H](C)c1cc2cccc(C#CC(C)(C)N)c2c(=O)n1-c1ccccc1. The summed E-state index contributed by atoms with van der Waals surface area (Å²) < 4.78 is 3.21. The number of carbonyl (C=O) groups excluding carboxylic acids is 1. The Morgan fingerprint density at radius 1 is 1.11 bits per heavy atom. The number of rotatable bonds is 4. The van der Waals surface area contributed by atoms with Crippen LogP contribution in [0.5, 0.6) is 0 Å². The van der Waals surface area contributed by atoms with Gasteiger partial charge in [0, 0.05) is 29.3 Å². The highest BCUT2D eigenvalue weighted by molar-refractivity contribution is 6.01. The Bertz CT molecular complexity index is 1800. The van der Waals surface area contributed by atoms with Gasteiger partial charge >= 0.3 is 0 Å². The highest BCUT2D eigenvalue weighted by atomic mass is 16.2. The van der Waals surface area contributed by atoms with Crippen molar-refractivity contribution in [1.82, 2.24) is 24.5 Å². The lowest BCUT2D eigenvalue weighted by atomic mass is 10.0. The number of hydrogen-bond donors (Lipinski definition) is 2. The highest BCUT2D eigenvalue weighted by Crippen LogP contribution is 2.24. The Kier molecular flexibility index (Phi) is 6.31. The van der Waals surface area contributed by atoms with Gasteiger partial charge in [0.15, 0.2) is 5.65 Å². The molecule has 0 bridgehead atoms. The van der Waals surface area contributed by atoms with Crippen LogP contribution in [0, 0.1) is 18.8 Å². The fourth-order valence-electron chi connectivity index (χ4n) is 4.48. The summed E-state index contributed by atoms with van der Waals surface area (Å²) in [6, 6.07) is 18.1. The third kappa shape index (κ3) is 4.67. The molecule has 0 radical (unpaired) electrons. The topological polar surface area (TPSA) is 107 Å². The number of nitrogens with one attached hydrogen (secondary N) is 1. The largest absolute Gasteiger partial charge is 0.344 e. The maximum Gasteiger partial charge on any atom is 0.264 e. The summed E-state index contributed by atoms with van der Waals surface area (Å²) in [5, 5.41) is 8.68. The van der Waals surface area contributed by atoms with Crippen molar-refractivity contribution in [2.75, 3.05) is 0 Å². The summed E-state index contributed by atoms with van der Waals surface area (Å²) in [4.78, 5) is 31.8. The number of aryl methyl sites for hydroxylation is 1. The van der Waals surface area contributed by atoms with E-state index < -0.39 is 11.6 Å². The molecular formula is C30H28N6O2. The van der Waals surface area contributed by atoms with Crippen LogP contribution >= 0.6 is 0 Å². The fourth-order valence-corrected chi connectivity index (χ4v) is 4.48. The molecule has 0 saturated carbocycles. The lowest BCUT2D eigenvalue weighted by molar-refractivity contribution is 0.0939. The zero-order valence-electron chi connectivity index (χ0n) is 21.7. The van der Waals surface area contributed by atoms with Crippen molar-refractivity contribution in [2.45, 2.75) is 39.3 Å². The van der Waals surface area contributed by atoms with Gasteiger partial charge in [-0.3, -0.25) is 14.2 Å². The average Bonchev–Trinajstić information content (AvgIpc) is 3.23. The summed E-state index contributed by atoms with van der Waals surface area (Å²) in [6.45, 7) is 7.26. The molecule has 0 unspecified atom stereocenters. The summed E-state index contributed by atoms with van der Waals surface area (Å²) in [5.74, 6) is 5.80. The van der Waals surface area contributed by atoms with E-state index in [1.165, 1.54) is 0 Å². The zero-order valence-corrected chi connectivity index (χ0v) is 21.7. The minimum atomic E-state index is -0.704. The first-order valence-electron chi connectivity index (χ1n) is 12.3. The van der Waals surface area contributed by atoms with Crippen LogP contribution < -0.4 is 16.6 Å². The quantitative estimate of drug-likeness (QED) is 0.361. The van der Waals surface area contributed by atoms with Gasteiger partial charge < -0.3 is 11.1 Å². The maximum atomic E-state index is 14.1. The van der Waals surface area contributed by atoms with Gasteiger partial charge in [-0.25, -0.2) is 9.50 Å². The van der Waals surface area contributed by atoms with E-state index in [9.17, 15) is 9.59 Å². The minimum Gasteiger partial charge on any atom is -0.344 e. The lowest BCUT2D eigenvalue weighted by Crippen LogP contribution is -2.32. The minimum absolute atomic E-state index is 0.224. The Morgan fingerprint density at radius 3 is 2.61 bits per heavy atom. The van der Waals surface area contributed by atoms with E-state index in [1.807, 2.05) is 75.4 Å². The number of aromatic nitrogens is 4. The summed E-state index contributed by atoms with van der Waals surface area (Å²) in [7, 11) is 0. The van der Waals surface area contributed by atoms with Crippen molar-refractivity contribution in [3.63, 3.8) is 0 Å². The third-order valence-corrected chi connectivity index (χ3v) is 6.20. The van der Waals surface area contributed by atoms with Gasteiger partial charge in [-0.1, -0.05) is 42.2 Å². The van der Waals surface area contributed by atoms with Crippen LogP contribution in [-0.4, -0.2) is 30.6 Å². The van der Waals surface area contributed by atoms with Crippen molar-refractivity contribution in [2.24, 2.45) is 5.73 Å². The second-order valence-electron chi connectivity index (χ2n) is 9.83. The predicted molar refractivity (Wildman–Crippen MR) is 148 cm³/mol. The van der Waals surface area contributed by atoms with Crippen LogP contribution in [0.2, 0.25) is 0 Å². The number of nitrogens with two attached hydrogens (primary N) is 1. The molecule has 3 heterocycles. The number of carbonyl (C=O) groups is 1. The van der Waals surface area contributed by atoms with Crippen molar-refractivity contribution in [1.29, 1.82) is 0 Å². The molecule has 0 aliphatic rings. The number of amides is 1. The van der Waals surface area contributed by atoms with Gasteiger partial charge in [0.25, 0.3) is 11.5 Å². The van der Waals surface area contributed by atoms with Crippen molar-refractivity contribution in [3.8, 4) is 17.5 Å². The summed E-state index contributed by atoms with van der Waals surface area (Å²) in [6.07, 6.45) is 3.37. The van der Waals surface area contributed by atoms with Crippen LogP contribution in [0.25, 0.3) is 22.1 Å². The predicted octanol–water partition coefficient (Wildman–Crippen LogP) is 3.92. The molecule has 1 amide bonds. The Morgan fingerprint density at radius 2 is 1.87 bits per heavy atom. The van der Waals surface area contributed by atoms with Crippen LogP contribution in [-0.2, 0) is 0 Å². The van der Waals surface area contributed by atoms with E-state index in [-0.39, 0.29) is 11.5 Å². The van der Waals surface area contributed by atoms with Gasteiger partial charge in [0.1, 0.15) is 5.56 Å². The molecule has 5 rings (SSSR count). The smallest absolute Gasteiger partial charge is 0.264 e. The fraction of sp³-hybridized carbons (Fsp3) is 0.200. The third-order valence-electron chi connectivity index (χ3n) is 6.20. The van der Waals surface area contributed by atoms with E-state index >= 15 is 0 Å². The van der Waals surface area contributed by atoms with E-state index in [4.69, 9.17) is 5.73 Å². The summed E-state index contributed by atoms with van der Waals surface area (Å²) in [5.41, 5.74) is 8.51. The number of nitrogens with zero attached hydrogens (tertiary/aromatic N) is 4. The number of pyridine rings is 1. The molecule has 5 aromatic rings. The number of hydrogen-bond acceptors (Lipinski definition) is 5. The molecule has 1 atom stereocenters. The molecule has 8 nitrogen and oxygen atoms in total. The Balaban J connectivity index is 1.66. The molecule has 0 fully saturated rings. The number of benzene rings is 2. The van der Waals surface area contributed by atoms with Gasteiger partial charge in [-0.2, -0.15) is 5.10 Å². The molecule has 3 N–H and O–H groups in total. The van der Waals surface area contributed by atoms with Gasteiger partial charge in [-0.15, -0.1) is 0 Å². The normalized spacial score (nSPS) is 12.2. The Hall–Kier alpha value is -4.74. The van der Waals surface area contributed by atoms with Crippen molar-refractivity contribution < 1.29 is 4.79 Å². The first-order chi connectivity index (χ1) is 18.1. The molecule has 2 aromatic carbocycles. The van der Waals surface area contributed by atoms with E-state index in [0.717, 1.165) is 5.39 Å². The molecule has 190 valence electrons. The van der Waals surface area contributed by atoms with Crippen LogP contribution in [0.3, 0.4) is 0 Å². The molecule has 3 aromatic heterocycles. The number of para-hydroxylation sites is 1. The molecule has 38 heavy (non-hydrogen) atoms. The van der Waals surface area contributed by atoms with E-state index in [0.29, 0.717) is 39.2 Å². The van der Waals surface area contributed by atoms with Crippen LogP contribution in [0.4, 0.5) is 0 Å². The molecule has 8 heteroatoms. The summed E-state index contributed by atoms with van der Waals surface area (Å²) >= 11 is 0. The van der Waals surface area contributed by atoms with Crippen LogP contribution in [0.1, 0.15) is 54.1 Å². The van der Waals surface area contributed by atoms with Crippen LogP contribution in [0.15, 0.2) is 77.9 Å². The van der Waals surface area contributed by atoms with Gasteiger partial charge in [0.05, 0.1) is 22.7 Å². The number of fused-ring (bicyclic) bond motifs is 2. The highest BCUT2D eigenvalue weighted by Gasteiger charge is 2.23. The average molecular weight is 505 g/mol. The van der Waals surface area contributed by atoms with Crippen molar-refractivity contribution >= 4 is 22.3 Å². The van der Waals surface area contributed by atoms with Gasteiger partial charge in [0.2, 0.25) is 0 Å². The van der Waals surface area contributed by atoms with Crippen molar-refractivity contribution in [3.05, 3.63) is 106 Å². The van der Waals surface area contributed by atoms with E-state index in [1.54, 1.807) is 34.5 Å². The first kappa shape index (κ1) is 24.9. The lowest BCUT2D eigenvalue weighted by Gasteiger charge is -2.21. The second-order valence-corrected chi connectivity index (χ2v) is 9.83. The van der Waals surface area contributed by atoms with Gasteiger partial charge in [-0.05, 0) is 63.4 Å². The van der Waals surface area contributed by atoms with E-state index in [2.05, 4.69) is 27.2 Å². The zero-order chi connectivity index (χ0) is 27.0. The monoisotopic (exact) mass is 504 g/mol. The maximum absolute atomic E-state index is 14.1. The molecule has 0 spiro atoms. The molecular weight excluding hydrogens is 476 g/mol. The molecule has 0 saturated heterocycles. The first-order valence-corrected chi connectivity index (χ1v) is 12.3. The molecule has 0 aliphatic carbocycles.